The summed E-state index contributed by atoms with van der Waals surface area (Å²) in [5.41, 5.74) is 0.842. The van der Waals surface area contributed by atoms with Crippen LogP contribution >= 0.6 is 39.1 Å². The highest BCUT2D eigenvalue weighted by molar-refractivity contribution is 9.10. The van der Waals surface area contributed by atoms with Crippen molar-refractivity contribution in [1.29, 1.82) is 0 Å². The van der Waals surface area contributed by atoms with E-state index in [0.717, 1.165) is 10.5 Å². The SMILES string of the molecule is CC(Nc1c(Cl)cc(Br)cc1Cl)c1ccc(F)cc1F. The second-order valence-corrected chi connectivity index (χ2v) is 6.01. The number of anilines is 1. The van der Waals surface area contributed by atoms with Gasteiger partial charge in [0, 0.05) is 16.1 Å². The molecular weight excluding hydrogens is 371 g/mol. The first-order valence-corrected chi connectivity index (χ1v) is 7.29. The maximum Gasteiger partial charge on any atom is 0.131 e. The Kier molecular flexibility index (Phi) is 4.89. The van der Waals surface area contributed by atoms with E-state index >= 15 is 0 Å². The highest BCUT2D eigenvalue weighted by Gasteiger charge is 2.15. The van der Waals surface area contributed by atoms with Crippen LogP contribution in [0, 0.1) is 11.6 Å². The molecule has 2 aromatic rings. The Labute approximate surface area is 134 Å². The van der Waals surface area contributed by atoms with Crippen LogP contribution in [0.25, 0.3) is 0 Å². The van der Waals surface area contributed by atoms with Gasteiger partial charge in [-0.2, -0.15) is 0 Å². The van der Waals surface area contributed by atoms with Gasteiger partial charge in [-0.05, 0) is 25.1 Å². The number of hydrogen-bond donors (Lipinski definition) is 1. The smallest absolute Gasteiger partial charge is 0.131 e. The molecule has 0 aliphatic rings. The van der Waals surface area contributed by atoms with Gasteiger partial charge in [0.1, 0.15) is 11.6 Å². The molecule has 1 unspecified atom stereocenters. The van der Waals surface area contributed by atoms with Gasteiger partial charge in [-0.15, -0.1) is 0 Å². The van der Waals surface area contributed by atoms with E-state index in [1.165, 1.54) is 12.1 Å². The van der Waals surface area contributed by atoms with Crippen LogP contribution in [0.3, 0.4) is 0 Å². The standard InChI is InChI=1S/C14H10BrCl2F2N/c1-7(10-3-2-9(18)6-13(10)19)20-14-11(16)4-8(15)5-12(14)17/h2-7,20H,1H3. The molecule has 0 amide bonds. The predicted octanol–water partition coefficient (Wildman–Crippen LogP) is 6.21. The molecule has 20 heavy (non-hydrogen) atoms. The lowest BCUT2D eigenvalue weighted by Crippen LogP contribution is -2.09. The third-order valence-electron chi connectivity index (χ3n) is 2.80. The van der Waals surface area contributed by atoms with Crippen LogP contribution in [0.15, 0.2) is 34.8 Å². The van der Waals surface area contributed by atoms with E-state index in [0.29, 0.717) is 21.3 Å². The molecule has 0 radical (unpaired) electrons. The first-order chi connectivity index (χ1) is 9.38. The Morgan fingerprint density at radius 3 is 2.25 bits per heavy atom. The van der Waals surface area contributed by atoms with Crippen molar-refractivity contribution in [3.63, 3.8) is 0 Å². The summed E-state index contributed by atoms with van der Waals surface area (Å²) in [6, 6.07) is 6.40. The molecule has 0 aromatic heterocycles. The zero-order chi connectivity index (χ0) is 14.9. The van der Waals surface area contributed by atoms with E-state index in [4.69, 9.17) is 23.2 Å². The van der Waals surface area contributed by atoms with E-state index < -0.39 is 17.7 Å². The lowest BCUT2D eigenvalue weighted by molar-refractivity contribution is 0.566. The Morgan fingerprint density at radius 2 is 1.70 bits per heavy atom. The molecule has 1 N–H and O–H groups in total. The van der Waals surface area contributed by atoms with Gasteiger partial charge in [0.05, 0.1) is 21.8 Å². The molecule has 0 bridgehead atoms. The molecular formula is C14H10BrCl2F2N. The van der Waals surface area contributed by atoms with Gasteiger partial charge < -0.3 is 5.32 Å². The molecule has 0 heterocycles. The molecule has 0 fully saturated rings. The molecule has 0 spiro atoms. The molecule has 0 aliphatic carbocycles. The van der Waals surface area contributed by atoms with Crippen LogP contribution < -0.4 is 5.32 Å². The fourth-order valence-electron chi connectivity index (χ4n) is 1.83. The first-order valence-electron chi connectivity index (χ1n) is 5.74. The highest BCUT2D eigenvalue weighted by Crippen LogP contribution is 2.36. The van der Waals surface area contributed by atoms with Gasteiger partial charge >= 0.3 is 0 Å². The summed E-state index contributed by atoms with van der Waals surface area (Å²) in [5.74, 6) is -1.23. The van der Waals surface area contributed by atoms with E-state index in [1.54, 1.807) is 19.1 Å². The van der Waals surface area contributed by atoms with Crippen molar-refractivity contribution >= 4 is 44.8 Å². The van der Waals surface area contributed by atoms with Crippen LogP contribution in [-0.2, 0) is 0 Å². The summed E-state index contributed by atoms with van der Waals surface area (Å²) in [6.07, 6.45) is 0. The summed E-state index contributed by atoms with van der Waals surface area (Å²) in [5, 5.41) is 3.87. The number of hydrogen-bond acceptors (Lipinski definition) is 1. The van der Waals surface area contributed by atoms with Gasteiger partial charge in [-0.3, -0.25) is 0 Å². The molecule has 106 valence electrons. The van der Waals surface area contributed by atoms with Crippen LogP contribution in [0.5, 0.6) is 0 Å². The molecule has 6 heteroatoms. The van der Waals surface area contributed by atoms with Crippen LogP contribution in [0.2, 0.25) is 10.0 Å². The van der Waals surface area contributed by atoms with Crippen molar-refractivity contribution in [3.8, 4) is 0 Å². The van der Waals surface area contributed by atoms with Gasteiger partial charge in [0.2, 0.25) is 0 Å². The maximum absolute atomic E-state index is 13.7. The number of halogens is 5. The highest BCUT2D eigenvalue weighted by atomic mass is 79.9. The molecule has 1 atom stereocenters. The molecule has 0 saturated heterocycles. The molecule has 2 aromatic carbocycles. The van der Waals surface area contributed by atoms with E-state index in [2.05, 4.69) is 21.2 Å². The van der Waals surface area contributed by atoms with Gasteiger partial charge in [-0.1, -0.05) is 45.2 Å². The summed E-state index contributed by atoms with van der Waals surface area (Å²) in [4.78, 5) is 0. The summed E-state index contributed by atoms with van der Waals surface area (Å²) in [7, 11) is 0. The van der Waals surface area contributed by atoms with E-state index in [9.17, 15) is 8.78 Å². The van der Waals surface area contributed by atoms with E-state index in [-0.39, 0.29) is 0 Å². The van der Waals surface area contributed by atoms with Crippen LogP contribution in [0.4, 0.5) is 14.5 Å². The average Bonchev–Trinajstić information content (AvgIpc) is 2.33. The lowest BCUT2D eigenvalue weighted by Gasteiger charge is -2.18. The fourth-order valence-corrected chi connectivity index (χ4v) is 3.14. The van der Waals surface area contributed by atoms with Crippen molar-refractivity contribution in [2.24, 2.45) is 0 Å². The van der Waals surface area contributed by atoms with Crippen molar-refractivity contribution in [2.45, 2.75) is 13.0 Å². The summed E-state index contributed by atoms with van der Waals surface area (Å²) >= 11 is 15.5. The Bertz CT molecular complexity index is 626. The minimum Gasteiger partial charge on any atom is -0.376 e. The number of rotatable bonds is 3. The average molecular weight is 381 g/mol. The van der Waals surface area contributed by atoms with E-state index in [1.807, 2.05) is 0 Å². The zero-order valence-electron chi connectivity index (χ0n) is 10.4. The van der Waals surface area contributed by atoms with Crippen molar-refractivity contribution in [2.75, 3.05) is 5.32 Å². The Balaban J connectivity index is 2.30. The van der Waals surface area contributed by atoms with Gasteiger partial charge in [-0.25, -0.2) is 8.78 Å². The lowest BCUT2D eigenvalue weighted by atomic mass is 10.1. The third-order valence-corrected chi connectivity index (χ3v) is 3.85. The monoisotopic (exact) mass is 379 g/mol. The van der Waals surface area contributed by atoms with Gasteiger partial charge in [0.15, 0.2) is 0 Å². The Morgan fingerprint density at radius 1 is 1.10 bits per heavy atom. The Hall–Kier alpha value is -0.840. The fraction of sp³-hybridized carbons (Fsp3) is 0.143. The quantitative estimate of drug-likeness (QED) is 0.667. The molecule has 0 aliphatic heterocycles. The molecule has 0 saturated carbocycles. The zero-order valence-corrected chi connectivity index (χ0v) is 13.5. The maximum atomic E-state index is 13.7. The van der Waals surface area contributed by atoms with Crippen LogP contribution in [0.1, 0.15) is 18.5 Å². The minimum atomic E-state index is -0.616. The molecule has 2 rings (SSSR count). The van der Waals surface area contributed by atoms with Crippen molar-refractivity contribution in [1.82, 2.24) is 0 Å². The van der Waals surface area contributed by atoms with Crippen molar-refractivity contribution < 1.29 is 8.78 Å². The summed E-state index contributed by atoms with van der Waals surface area (Å²) in [6.45, 7) is 1.74. The molecule has 1 nitrogen and oxygen atoms in total. The normalized spacial score (nSPS) is 12.3. The first kappa shape index (κ1) is 15.5. The number of benzene rings is 2. The topological polar surface area (TPSA) is 12.0 Å². The number of nitrogens with one attached hydrogen (secondary N) is 1. The minimum absolute atomic E-state index is 0.335. The predicted molar refractivity (Wildman–Crippen MR) is 82.6 cm³/mol. The van der Waals surface area contributed by atoms with Crippen LogP contribution in [-0.4, -0.2) is 0 Å². The van der Waals surface area contributed by atoms with Crippen molar-refractivity contribution in [3.05, 3.63) is 62.0 Å². The largest absolute Gasteiger partial charge is 0.376 e. The second-order valence-electron chi connectivity index (χ2n) is 4.28. The van der Waals surface area contributed by atoms with Gasteiger partial charge in [0.25, 0.3) is 0 Å². The third kappa shape index (κ3) is 3.43. The summed E-state index contributed by atoms with van der Waals surface area (Å²) < 4.78 is 27.4. The second kappa shape index (κ2) is 6.29.